The third-order valence-corrected chi connectivity index (χ3v) is 4.53. The Morgan fingerprint density at radius 2 is 2.11 bits per heavy atom. The molecule has 150 valence electrons. The molecular weight excluding hydrogens is 366 g/mol. The molecule has 2 N–H and O–H groups in total. The molecule has 6 nitrogen and oxygen atoms in total. The second kappa shape index (κ2) is 7.30. The lowest BCUT2D eigenvalue weighted by Crippen LogP contribution is -2.52. The number of nitriles is 1. The number of hydrogen-bond acceptors (Lipinski definition) is 4. The summed E-state index contributed by atoms with van der Waals surface area (Å²) in [6.45, 7) is 7.29. The summed E-state index contributed by atoms with van der Waals surface area (Å²) in [6, 6.07) is 4.36. The molecule has 8 heteroatoms. The molecule has 28 heavy (non-hydrogen) atoms. The summed E-state index contributed by atoms with van der Waals surface area (Å²) in [4.78, 5) is 16.7. The maximum Gasteiger partial charge on any atom is 0.407 e. The van der Waals surface area contributed by atoms with E-state index < -0.39 is 29.7 Å². The number of nitrogens with one attached hydrogen (secondary N) is 2. The van der Waals surface area contributed by atoms with Crippen LogP contribution in [0.1, 0.15) is 38.4 Å². The van der Waals surface area contributed by atoms with Crippen molar-refractivity contribution in [2.24, 2.45) is 0 Å². The molecule has 0 saturated carbocycles. The van der Waals surface area contributed by atoms with Crippen LogP contribution < -0.4 is 10.2 Å². The second-order valence-electron chi connectivity index (χ2n) is 8.19. The minimum Gasteiger partial charge on any atom is -0.444 e. The van der Waals surface area contributed by atoms with E-state index in [4.69, 9.17) is 4.74 Å². The molecule has 1 aromatic carbocycles. The Hall–Kier alpha value is -2.82. The molecule has 0 radical (unpaired) electrons. The van der Waals surface area contributed by atoms with Crippen LogP contribution in [-0.4, -0.2) is 42.0 Å². The summed E-state index contributed by atoms with van der Waals surface area (Å²) in [5.41, 5.74) is 1.06. The second-order valence-corrected chi connectivity index (χ2v) is 8.19. The number of hydrogen-bond donors (Lipinski definition) is 2. The zero-order valence-electron chi connectivity index (χ0n) is 16.4. The largest absolute Gasteiger partial charge is 0.444 e. The Morgan fingerprint density at radius 1 is 1.39 bits per heavy atom. The molecule has 2 heterocycles. The van der Waals surface area contributed by atoms with Crippen molar-refractivity contribution in [2.45, 2.75) is 51.9 Å². The highest BCUT2D eigenvalue weighted by molar-refractivity contribution is 5.97. The van der Waals surface area contributed by atoms with Gasteiger partial charge >= 0.3 is 6.09 Å². The van der Waals surface area contributed by atoms with Gasteiger partial charge in [-0.3, -0.25) is 0 Å². The Kier molecular flexibility index (Phi) is 5.20. The van der Waals surface area contributed by atoms with Gasteiger partial charge in [0, 0.05) is 30.6 Å². The van der Waals surface area contributed by atoms with E-state index in [1.807, 2.05) is 13.0 Å². The van der Waals surface area contributed by atoms with E-state index in [2.05, 4.69) is 10.3 Å². The molecule has 1 aliphatic rings. The average molecular weight is 390 g/mol. The first-order valence-electron chi connectivity index (χ1n) is 9.18. The lowest BCUT2D eigenvalue weighted by atomic mass is 10.0. The minimum absolute atomic E-state index is 0.00858. The number of nitrogens with zero attached hydrogens (tertiary/aromatic N) is 2. The van der Waals surface area contributed by atoms with Crippen LogP contribution >= 0.6 is 0 Å². The molecule has 1 saturated heterocycles. The first-order chi connectivity index (χ1) is 13.1. The number of ether oxygens (including phenoxy) is 1. The first kappa shape index (κ1) is 19.9. The normalized spacial score (nSPS) is 20.1. The third-order valence-electron chi connectivity index (χ3n) is 4.53. The van der Waals surface area contributed by atoms with Gasteiger partial charge in [0.1, 0.15) is 23.7 Å². The molecule has 0 bridgehead atoms. The summed E-state index contributed by atoms with van der Waals surface area (Å²) in [7, 11) is 0. The van der Waals surface area contributed by atoms with Crippen molar-refractivity contribution < 1.29 is 18.3 Å². The van der Waals surface area contributed by atoms with Gasteiger partial charge in [0.25, 0.3) is 0 Å². The van der Waals surface area contributed by atoms with Crippen LogP contribution in [0.4, 0.5) is 19.3 Å². The van der Waals surface area contributed by atoms with Crippen molar-refractivity contribution in [2.75, 3.05) is 18.0 Å². The highest BCUT2D eigenvalue weighted by Crippen LogP contribution is 2.35. The fourth-order valence-electron chi connectivity index (χ4n) is 3.59. The number of aromatic nitrogens is 1. The number of halogens is 2. The molecule has 1 aromatic heterocycles. The summed E-state index contributed by atoms with van der Waals surface area (Å²) in [6.07, 6.45) is -1.74. The van der Waals surface area contributed by atoms with Gasteiger partial charge in [-0.05, 0) is 39.8 Å². The number of H-pyrrole nitrogens is 1. The molecule has 1 amide bonds. The van der Waals surface area contributed by atoms with Gasteiger partial charge in [-0.2, -0.15) is 5.26 Å². The van der Waals surface area contributed by atoms with Gasteiger partial charge in [0.05, 0.1) is 22.8 Å². The summed E-state index contributed by atoms with van der Waals surface area (Å²) >= 11 is 0. The molecule has 2 aromatic rings. The van der Waals surface area contributed by atoms with Crippen LogP contribution in [0.15, 0.2) is 12.1 Å². The van der Waals surface area contributed by atoms with Crippen molar-refractivity contribution >= 4 is 22.7 Å². The number of alkyl carbamates (subject to hydrolysis) is 1. The number of carbonyl (C=O) groups is 1. The van der Waals surface area contributed by atoms with Crippen molar-refractivity contribution in [3.63, 3.8) is 0 Å². The fourth-order valence-corrected chi connectivity index (χ4v) is 3.59. The number of amides is 1. The van der Waals surface area contributed by atoms with E-state index in [1.165, 1.54) is 0 Å². The Morgan fingerprint density at radius 3 is 2.75 bits per heavy atom. The first-order valence-corrected chi connectivity index (χ1v) is 9.18. The average Bonchev–Trinajstić information content (AvgIpc) is 2.92. The smallest absolute Gasteiger partial charge is 0.407 e. The van der Waals surface area contributed by atoms with E-state index in [0.717, 1.165) is 11.8 Å². The topological polar surface area (TPSA) is 81.2 Å². The summed E-state index contributed by atoms with van der Waals surface area (Å²) in [5, 5.41) is 12.5. The van der Waals surface area contributed by atoms with E-state index >= 15 is 0 Å². The number of aromatic amines is 1. The van der Waals surface area contributed by atoms with Crippen molar-refractivity contribution in [1.29, 1.82) is 5.26 Å². The maximum absolute atomic E-state index is 14.9. The lowest BCUT2D eigenvalue weighted by Gasteiger charge is -2.37. The molecule has 0 unspecified atom stereocenters. The minimum atomic E-state index is -1.24. The van der Waals surface area contributed by atoms with Gasteiger partial charge < -0.3 is 19.9 Å². The van der Waals surface area contributed by atoms with Gasteiger partial charge in [-0.15, -0.1) is 0 Å². The standard InChI is InChI=1S/C20H24F2N4O2/c1-11-5-15-17(24-11)12(8-23)6-16(22)18(15)26-9-13(21)7-14(10-26)25-19(27)28-20(2,3)4/h5-6,13-14,24H,7,9-10H2,1-4H3,(H,25,27)/t13-,14+/m1/s1. The number of piperidine rings is 1. The lowest BCUT2D eigenvalue weighted by molar-refractivity contribution is 0.0491. The van der Waals surface area contributed by atoms with Crippen molar-refractivity contribution in [3.8, 4) is 6.07 Å². The molecular formula is C20H24F2N4O2. The van der Waals surface area contributed by atoms with Crippen LogP contribution in [-0.2, 0) is 4.74 Å². The number of carbonyl (C=O) groups excluding carboxylic acids is 1. The molecule has 2 atom stereocenters. The Labute approximate surface area is 162 Å². The summed E-state index contributed by atoms with van der Waals surface area (Å²) < 4.78 is 34.5. The van der Waals surface area contributed by atoms with Gasteiger partial charge in [-0.25, -0.2) is 13.6 Å². The predicted octanol–water partition coefficient (Wildman–Crippen LogP) is 3.93. The summed E-state index contributed by atoms with van der Waals surface area (Å²) in [5.74, 6) is -0.590. The third kappa shape index (κ3) is 4.19. The van der Waals surface area contributed by atoms with Gasteiger partial charge in [0.2, 0.25) is 0 Å². The maximum atomic E-state index is 14.9. The van der Waals surface area contributed by atoms with Gasteiger partial charge in [-0.1, -0.05) is 0 Å². The fraction of sp³-hybridized carbons (Fsp3) is 0.500. The number of anilines is 1. The molecule has 0 spiro atoms. The van der Waals surface area contributed by atoms with E-state index in [-0.39, 0.29) is 30.8 Å². The molecule has 1 aliphatic heterocycles. The van der Waals surface area contributed by atoms with Crippen LogP contribution in [0.25, 0.3) is 10.9 Å². The molecule has 0 aliphatic carbocycles. The highest BCUT2D eigenvalue weighted by atomic mass is 19.1. The highest BCUT2D eigenvalue weighted by Gasteiger charge is 2.32. The number of benzene rings is 1. The molecule has 3 rings (SSSR count). The van der Waals surface area contributed by atoms with E-state index in [9.17, 15) is 18.8 Å². The zero-order chi connectivity index (χ0) is 20.6. The van der Waals surface area contributed by atoms with Crippen LogP contribution in [0.5, 0.6) is 0 Å². The number of fused-ring (bicyclic) bond motifs is 1. The van der Waals surface area contributed by atoms with Crippen molar-refractivity contribution in [1.82, 2.24) is 10.3 Å². The van der Waals surface area contributed by atoms with Crippen LogP contribution in [0.2, 0.25) is 0 Å². The number of rotatable bonds is 2. The number of aryl methyl sites for hydroxylation is 1. The van der Waals surface area contributed by atoms with Crippen LogP contribution in [0.3, 0.4) is 0 Å². The zero-order valence-corrected chi connectivity index (χ0v) is 16.4. The SMILES string of the molecule is Cc1cc2c(N3C[C@H](F)C[C@H](NC(=O)OC(C)(C)C)C3)c(F)cc(C#N)c2[nH]1. The van der Waals surface area contributed by atoms with E-state index in [1.54, 1.807) is 31.7 Å². The number of alkyl halides is 1. The van der Waals surface area contributed by atoms with Gasteiger partial charge in [0.15, 0.2) is 0 Å². The van der Waals surface area contributed by atoms with E-state index in [0.29, 0.717) is 10.9 Å². The monoisotopic (exact) mass is 390 g/mol. The van der Waals surface area contributed by atoms with Crippen LogP contribution in [0, 0.1) is 24.1 Å². The molecule has 1 fully saturated rings. The van der Waals surface area contributed by atoms with Crippen molar-refractivity contribution in [3.05, 3.63) is 29.2 Å². The predicted molar refractivity (Wildman–Crippen MR) is 103 cm³/mol. The Balaban J connectivity index is 1.90. The Bertz CT molecular complexity index is 942. The quantitative estimate of drug-likeness (QED) is 0.814.